The van der Waals surface area contributed by atoms with Crippen LogP contribution in [0.1, 0.15) is 57.4 Å². The highest BCUT2D eigenvalue weighted by Gasteiger charge is 2.25. The van der Waals surface area contributed by atoms with Crippen molar-refractivity contribution in [3.63, 3.8) is 0 Å². The molecular formula is C18H27ClFN. The highest BCUT2D eigenvalue weighted by molar-refractivity contribution is 6.30. The maximum atomic E-state index is 13.2. The predicted octanol–water partition coefficient (Wildman–Crippen LogP) is 5.35. The minimum absolute atomic E-state index is 0.165. The Morgan fingerprint density at radius 2 is 2.00 bits per heavy atom. The first-order valence-electron chi connectivity index (χ1n) is 8.29. The average molecular weight is 312 g/mol. The lowest BCUT2D eigenvalue weighted by atomic mass is 9.76. The van der Waals surface area contributed by atoms with Crippen LogP contribution in [0.25, 0.3) is 0 Å². The number of benzene rings is 1. The summed E-state index contributed by atoms with van der Waals surface area (Å²) in [6, 6.07) is 5.11. The molecule has 1 fully saturated rings. The largest absolute Gasteiger partial charge is 0.327 e. The smallest absolute Gasteiger partial charge is 0.141 e. The van der Waals surface area contributed by atoms with Crippen LogP contribution in [0.4, 0.5) is 4.39 Å². The highest BCUT2D eigenvalue weighted by Crippen LogP contribution is 2.34. The maximum absolute atomic E-state index is 13.2. The molecule has 1 aromatic rings. The lowest BCUT2D eigenvalue weighted by Gasteiger charge is -2.32. The molecule has 0 aromatic heterocycles. The molecule has 21 heavy (non-hydrogen) atoms. The van der Waals surface area contributed by atoms with Crippen molar-refractivity contribution in [2.45, 2.75) is 64.3 Å². The maximum Gasteiger partial charge on any atom is 0.141 e. The number of rotatable bonds is 6. The van der Waals surface area contributed by atoms with Crippen LogP contribution in [-0.4, -0.2) is 6.04 Å². The molecule has 0 spiro atoms. The second-order valence-corrected chi connectivity index (χ2v) is 6.95. The van der Waals surface area contributed by atoms with Gasteiger partial charge in [-0.2, -0.15) is 0 Å². The van der Waals surface area contributed by atoms with E-state index in [1.165, 1.54) is 51.0 Å². The van der Waals surface area contributed by atoms with Gasteiger partial charge in [-0.1, -0.05) is 56.7 Å². The summed E-state index contributed by atoms with van der Waals surface area (Å²) in [5, 5.41) is 0.197. The third-order valence-corrected chi connectivity index (χ3v) is 5.21. The predicted molar refractivity (Wildman–Crippen MR) is 88.1 cm³/mol. The quantitative estimate of drug-likeness (QED) is 0.753. The lowest BCUT2D eigenvalue weighted by molar-refractivity contribution is 0.231. The summed E-state index contributed by atoms with van der Waals surface area (Å²) in [5.41, 5.74) is 7.42. The van der Waals surface area contributed by atoms with E-state index < -0.39 is 0 Å². The summed E-state index contributed by atoms with van der Waals surface area (Å²) in [6.45, 7) is 2.26. The topological polar surface area (TPSA) is 26.0 Å². The van der Waals surface area contributed by atoms with Crippen LogP contribution in [-0.2, 0) is 6.42 Å². The number of nitrogens with two attached hydrogens (primary N) is 1. The summed E-state index contributed by atoms with van der Waals surface area (Å²) in [6.07, 6.45) is 9.95. The van der Waals surface area contributed by atoms with Gasteiger partial charge in [0.2, 0.25) is 0 Å². The monoisotopic (exact) mass is 311 g/mol. The normalized spacial score (nSPS) is 24.0. The van der Waals surface area contributed by atoms with Gasteiger partial charge in [0.15, 0.2) is 0 Å². The van der Waals surface area contributed by atoms with Crippen molar-refractivity contribution >= 4 is 11.6 Å². The van der Waals surface area contributed by atoms with Crippen LogP contribution in [0.2, 0.25) is 5.02 Å². The Morgan fingerprint density at radius 1 is 1.29 bits per heavy atom. The summed E-state index contributed by atoms with van der Waals surface area (Å²) in [5.74, 6) is 1.16. The summed E-state index contributed by atoms with van der Waals surface area (Å²) < 4.78 is 13.2. The molecule has 1 aromatic carbocycles. The highest BCUT2D eigenvalue weighted by atomic mass is 35.5. The Bertz CT molecular complexity index is 441. The molecule has 0 amide bonds. The zero-order chi connectivity index (χ0) is 15.2. The van der Waals surface area contributed by atoms with Gasteiger partial charge in [0.1, 0.15) is 5.82 Å². The van der Waals surface area contributed by atoms with Crippen LogP contribution >= 0.6 is 11.6 Å². The fourth-order valence-corrected chi connectivity index (χ4v) is 3.71. The van der Waals surface area contributed by atoms with Crippen molar-refractivity contribution in [1.82, 2.24) is 0 Å². The molecule has 2 N–H and O–H groups in total. The van der Waals surface area contributed by atoms with E-state index in [0.717, 1.165) is 17.9 Å². The van der Waals surface area contributed by atoms with Crippen molar-refractivity contribution in [2.24, 2.45) is 17.6 Å². The van der Waals surface area contributed by atoms with E-state index in [4.69, 9.17) is 17.3 Å². The van der Waals surface area contributed by atoms with Crippen LogP contribution < -0.4 is 5.73 Å². The number of hydrogen-bond donors (Lipinski definition) is 1. The zero-order valence-electron chi connectivity index (χ0n) is 13.0. The van der Waals surface area contributed by atoms with Gasteiger partial charge >= 0.3 is 0 Å². The van der Waals surface area contributed by atoms with Crippen LogP contribution in [0.15, 0.2) is 18.2 Å². The van der Waals surface area contributed by atoms with E-state index in [9.17, 15) is 4.39 Å². The molecule has 0 heterocycles. The number of unbranched alkanes of at least 4 members (excludes halogenated alkanes) is 1. The van der Waals surface area contributed by atoms with Gasteiger partial charge in [0, 0.05) is 6.04 Å². The average Bonchev–Trinajstić information content (AvgIpc) is 2.49. The second-order valence-electron chi connectivity index (χ2n) is 6.54. The molecule has 0 saturated heterocycles. The minimum atomic E-state index is -0.356. The van der Waals surface area contributed by atoms with E-state index in [1.807, 2.05) is 0 Å². The van der Waals surface area contributed by atoms with Crippen LogP contribution in [0, 0.1) is 17.7 Å². The Morgan fingerprint density at radius 3 is 2.62 bits per heavy atom. The first-order valence-corrected chi connectivity index (χ1v) is 8.67. The van der Waals surface area contributed by atoms with Crippen molar-refractivity contribution in [3.05, 3.63) is 34.6 Å². The molecule has 2 rings (SSSR count). The summed E-state index contributed by atoms with van der Waals surface area (Å²) in [4.78, 5) is 0. The first-order chi connectivity index (χ1) is 10.1. The van der Waals surface area contributed by atoms with Gasteiger partial charge in [-0.15, -0.1) is 0 Å². The molecule has 0 bridgehead atoms. The van der Waals surface area contributed by atoms with Crippen molar-refractivity contribution in [3.8, 4) is 0 Å². The fourth-order valence-electron chi connectivity index (χ4n) is 3.50. The van der Waals surface area contributed by atoms with Gasteiger partial charge in [-0.05, 0) is 48.8 Å². The molecular weight excluding hydrogens is 285 g/mol. The van der Waals surface area contributed by atoms with Crippen molar-refractivity contribution in [2.75, 3.05) is 0 Å². The van der Waals surface area contributed by atoms with E-state index >= 15 is 0 Å². The van der Waals surface area contributed by atoms with Crippen LogP contribution in [0.3, 0.4) is 0 Å². The zero-order valence-corrected chi connectivity index (χ0v) is 13.7. The molecule has 1 atom stereocenters. The second kappa shape index (κ2) is 8.14. The molecule has 1 nitrogen and oxygen atoms in total. The van der Waals surface area contributed by atoms with Gasteiger partial charge in [-0.25, -0.2) is 4.39 Å². The summed E-state index contributed by atoms with van der Waals surface area (Å²) >= 11 is 5.83. The fraction of sp³-hybridized carbons (Fsp3) is 0.667. The van der Waals surface area contributed by atoms with E-state index in [-0.39, 0.29) is 16.9 Å². The third kappa shape index (κ3) is 4.96. The molecule has 1 saturated carbocycles. The molecule has 118 valence electrons. The van der Waals surface area contributed by atoms with E-state index in [1.54, 1.807) is 12.1 Å². The van der Waals surface area contributed by atoms with E-state index in [0.29, 0.717) is 5.92 Å². The number of hydrogen-bond acceptors (Lipinski definition) is 1. The van der Waals surface area contributed by atoms with Crippen molar-refractivity contribution < 1.29 is 4.39 Å². The molecule has 3 heteroatoms. The molecule has 0 radical (unpaired) electrons. The Kier molecular flexibility index (Phi) is 6.50. The SMILES string of the molecule is CCCCC1CCC(C(N)Cc2ccc(F)c(Cl)c2)CC1. The van der Waals surface area contributed by atoms with E-state index in [2.05, 4.69) is 6.92 Å². The first kappa shape index (κ1) is 16.8. The molecule has 1 aliphatic carbocycles. The van der Waals surface area contributed by atoms with Gasteiger partial charge in [0.25, 0.3) is 0 Å². The molecule has 1 unspecified atom stereocenters. The third-order valence-electron chi connectivity index (χ3n) is 4.92. The summed E-state index contributed by atoms with van der Waals surface area (Å²) in [7, 11) is 0. The van der Waals surface area contributed by atoms with Crippen molar-refractivity contribution in [1.29, 1.82) is 0 Å². The van der Waals surface area contributed by atoms with Gasteiger partial charge in [-0.3, -0.25) is 0 Å². The molecule has 0 aliphatic heterocycles. The minimum Gasteiger partial charge on any atom is -0.327 e. The van der Waals surface area contributed by atoms with Gasteiger partial charge < -0.3 is 5.73 Å². The standard InChI is InChI=1S/C18H27ClFN/c1-2-3-4-13-5-8-15(9-6-13)18(21)12-14-7-10-17(20)16(19)11-14/h7,10-11,13,15,18H,2-6,8-9,12,21H2,1H3. The number of halogens is 2. The van der Waals surface area contributed by atoms with Crippen LogP contribution in [0.5, 0.6) is 0 Å². The Hall–Kier alpha value is -0.600. The van der Waals surface area contributed by atoms with Gasteiger partial charge in [0.05, 0.1) is 5.02 Å². The Balaban J connectivity index is 1.81. The lowest BCUT2D eigenvalue weighted by Crippen LogP contribution is -2.35. The molecule has 1 aliphatic rings. The Labute approximate surface area is 133 Å².